The monoisotopic (exact) mass is 326 g/mol. The molecule has 0 saturated heterocycles. The van der Waals surface area contributed by atoms with Gasteiger partial charge in [0, 0.05) is 11.1 Å². The summed E-state index contributed by atoms with van der Waals surface area (Å²) in [6.45, 7) is 6.03. The van der Waals surface area contributed by atoms with Crippen LogP contribution in [0.3, 0.4) is 0 Å². The molecule has 1 unspecified atom stereocenters. The lowest BCUT2D eigenvalue weighted by molar-refractivity contribution is -0.885. The number of quaternary nitrogens is 1. The number of urea groups is 1. The first-order valence-electron chi connectivity index (χ1n) is 7.36. The number of nitrogens with one attached hydrogen (secondary N) is 3. The van der Waals surface area contributed by atoms with Crippen molar-refractivity contribution in [1.29, 1.82) is 0 Å². The number of carbonyl (C=O) groups is 2. The van der Waals surface area contributed by atoms with Gasteiger partial charge in [-0.2, -0.15) is 0 Å². The van der Waals surface area contributed by atoms with E-state index in [1.165, 1.54) is 13.2 Å². The Balaban J connectivity index is 2.50. The Morgan fingerprint density at radius 3 is 2.48 bits per heavy atom. The van der Waals surface area contributed by atoms with Crippen LogP contribution in [-0.4, -0.2) is 38.2 Å². The van der Waals surface area contributed by atoms with Gasteiger partial charge in [-0.3, -0.25) is 10.1 Å². The quantitative estimate of drug-likeness (QED) is 0.737. The normalized spacial score (nSPS) is 12.4. The number of benzene rings is 1. The van der Waals surface area contributed by atoms with E-state index < -0.39 is 23.3 Å². The van der Waals surface area contributed by atoms with Gasteiger partial charge in [-0.15, -0.1) is 0 Å². The van der Waals surface area contributed by atoms with Gasteiger partial charge in [-0.05, 0) is 39.0 Å². The molecule has 0 spiro atoms. The molecule has 0 bridgehead atoms. The van der Waals surface area contributed by atoms with E-state index in [0.29, 0.717) is 6.54 Å². The molecule has 3 N–H and O–H groups in total. The Morgan fingerprint density at radius 1 is 1.30 bits per heavy atom. The molecular formula is C16H25FN3O3+. The van der Waals surface area contributed by atoms with Crippen molar-refractivity contribution in [2.75, 3.05) is 20.7 Å². The predicted octanol–water partition coefficient (Wildman–Crippen LogP) is 0.473. The molecule has 0 heterocycles. The van der Waals surface area contributed by atoms with Crippen molar-refractivity contribution in [1.82, 2.24) is 10.6 Å². The van der Waals surface area contributed by atoms with Crippen LogP contribution in [0, 0.1) is 5.82 Å². The lowest BCUT2D eigenvalue weighted by atomic mass is 10.1. The van der Waals surface area contributed by atoms with E-state index in [1.54, 1.807) is 19.2 Å². The van der Waals surface area contributed by atoms with E-state index in [-0.39, 0.29) is 12.3 Å². The van der Waals surface area contributed by atoms with Crippen LogP contribution in [0.25, 0.3) is 0 Å². The molecule has 6 nitrogen and oxygen atoms in total. The van der Waals surface area contributed by atoms with Gasteiger partial charge in [0.15, 0.2) is 18.1 Å². The molecule has 1 aromatic carbocycles. The zero-order valence-corrected chi connectivity index (χ0v) is 14.2. The summed E-state index contributed by atoms with van der Waals surface area (Å²) in [5.74, 6) is -0.645. The summed E-state index contributed by atoms with van der Waals surface area (Å²) in [7, 11) is 3.20. The van der Waals surface area contributed by atoms with Crippen molar-refractivity contribution >= 4 is 11.9 Å². The largest absolute Gasteiger partial charge is 0.494 e. The molecule has 0 aliphatic heterocycles. The zero-order valence-electron chi connectivity index (χ0n) is 14.2. The summed E-state index contributed by atoms with van der Waals surface area (Å²) < 4.78 is 18.5. The number of likely N-dealkylation sites (N-methyl/N-ethyl adjacent to an activating group) is 1. The first kappa shape index (κ1) is 18.9. The SMILES string of the molecule is COc1ccc(C[NH+](C)CC(=O)NC(=O)NC(C)(C)C)cc1F. The zero-order chi connectivity index (χ0) is 17.6. The number of amides is 3. The van der Waals surface area contributed by atoms with Crippen molar-refractivity contribution in [2.45, 2.75) is 32.9 Å². The van der Waals surface area contributed by atoms with Crippen LogP contribution in [0.2, 0.25) is 0 Å². The van der Waals surface area contributed by atoms with E-state index in [2.05, 4.69) is 10.6 Å². The maximum Gasteiger partial charge on any atom is 0.322 e. The van der Waals surface area contributed by atoms with Gasteiger partial charge in [-0.1, -0.05) is 0 Å². The molecule has 0 fully saturated rings. The summed E-state index contributed by atoms with van der Waals surface area (Å²) in [4.78, 5) is 24.3. The molecule has 0 saturated carbocycles. The minimum atomic E-state index is -0.522. The van der Waals surface area contributed by atoms with Gasteiger partial charge in [0.05, 0.1) is 14.2 Å². The molecule has 1 aromatic rings. The Labute approximate surface area is 136 Å². The van der Waals surface area contributed by atoms with Gasteiger partial charge in [0.2, 0.25) is 0 Å². The smallest absolute Gasteiger partial charge is 0.322 e. The van der Waals surface area contributed by atoms with Crippen LogP contribution >= 0.6 is 0 Å². The average Bonchev–Trinajstić information content (AvgIpc) is 2.35. The number of hydrogen-bond acceptors (Lipinski definition) is 3. The minimum absolute atomic E-state index is 0.102. The third kappa shape index (κ3) is 7.10. The van der Waals surface area contributed by atoms with Crippen LogP contribution in [-0.2, 0) is 11.3 Å². The summed E-state index contributed by atoms with van der Waals surface area (Å²) in [5.41, 5.74) is 0.330. The van der Waals surface area contributed by atoms with Gasteiger partial charge in [0.1, 0.15) is 6.54 Å². The Morgan fingerprint density at radius 2 is 1.96 bits per heavy atom. The number of ether oxygens (including phenoxy) is 1. The number of rotatable bonds is 5. The molecule has 3 amide bonds. The standard InChI is InChI=1S/C16H24FN3O3/c1-16(2,3)19-15(22)18-14(21)10-20(4)9-11-6-7-13(23-5)12(17)8-11/h6-8H,9-10H2,1-5H3,(H2,18,19,21,22)/p+1. The summed E-state index contributed by atoms with van der Waals surface area (Å²) in [6, 6.07) is 4.16. The second-order valence-corrected chi connectivity index (χ2v) is 6.53. The van der Waals surface area contributed by atoms with Gasteiger partial charge >= 0.3 is 6.03 Å². The maximum atomic E-state index is 13.6. The minimum Gasteiger partial charge on any atom is -0.494 e. The van der Waals surface area contributed by atoms with Gasteiger partial charge in [0.25, 0.3) is 5.91 Å². The summed E-state index contributed by atoms with van der Waals surface area (Å²) in [6.07, 6.45) is 0. The van der Waals surface area contributed by atoms with E-state index in [4.69, 9.17) is 4.74 Å². The first-order valence-corrected chi connectivity index (χ1v) is 7.36. The highest BCUT2D eigenvalue weighted by Gasteiger charge is 2.18. The summed E-state index contributed by atoms with van der Waals surface area (Å²) >= 11 is 0. The third-order valence-corrected chi connectivity index (χ3v) is 2.93. The highest BCUT2D eigenvalue weighted by Crippen LogP contribution is 2.16. The van der Waals surface area contributed by atoms with Crippen molar-refractivity contribution in [3.63, 3.8) is 0 Å². The van der Waals surface area contributed by atoms with Crippen molar-refractivity contribution in [3.05, 3.63) is 29.6 Å². The fourth-order valence-electron chi connectivity index (χ4n) is 2.05. The molecule has 0 aliphatic carbocycles. The van der Waals surface area contributed by atoms with Crippen LogP contribution in [0.1, 0.15) is 26.3 Å². The third-order valence-electron chi connectivity index (χ3n) is 2.93. The lowest BCUT2D eigenvalue weighted by Gasteiger charge is -2.20. The van der Waals surface area contributed by atoms with Crippen LogP contribution in [0.15, 0.2) is 18.2 Å². The van der Waals surface area contributed by atoms with E-state index >= 15 is 0 Å². The van der Waals surface area contributed by atoms with Crippen molar-refractivity contribution in [2.24, 2.45) is 0 Å². The first-order chi connectivity index (χ1) is 10.6. The number of methoxy groups -OCH3 is 1. The van der Waals surface area contributed by atoms with Crippen molar-refractivity contribution in [3.8, 4) is 5.75 Å². The second kappa shape index (κ2) is 7.92. The lowest BCUT2D eigenvalue weighted by Crippen LogP contribution is -3.09. The molecule has 1 atom stereocenters. The average molecular weight is 326 g/mol. The Bertz CT molecular complexity index is 570. The number of hydrogen-bond donors (Lipinski definition) is 3. The van der Waals surface area contributed by atoms with E-state index in [1.807, 2.05) is 20.8 Å². The Hall–Kier alpha value is -2.15. The fraction of sp³-hybridized carbons (Fsp3) is 0.500. The molecule has 0 aliphatic rings. The molecule has 1 rings (SSSR count). The topological polar surface area (TPSA) is 71.9 Å². The van der Waals surface area contributed by atoms with Crippen LogP contribution in [0.5, 0.6) is 5.75 Å². The molecule has 7 heteroatoms. The number of halogens is 1. The van der Waals surface area contributed by atoms with Crippen LogP contribution in [0.4, 0.5) is 9.18 Å². The molecule has 128 valence electrons. The van der Waals surface area contributed by atoms with E-state index in [9.17, 15) is 14.0 Å². The van der Waals surface area contributed by atoms with Crippen molar-refractivity contribution < 1.29 is 23.6 Å². The van der Waals surface area contributed by atoms with Gasteiger partial charge in [-0.25, -0.2) is 9.18 Å². The Kier molecular flexibility index (Phi) is 6.50. The van der Waals surface area contributed by atoms with Gasteiger partial charge < -0.3 is 15.0 Å². The molecule has 0 radical (unpaired) electrons. The maximum absolute atomic E-state index is 13.6. The highest BCUT2D eigenvalue weighted by molar-refractivity contribution is 5.94. The molecular weight excluding hydrogens is 301 g/mol. The predicted molar refractivity (Wildman–Crippen MR) is 84.8 cm³/mol. The highest BCUT2D eigenvalue weighted by atomic mass is 19.1. The van der Waals surface area contributed by atoms with Crippen LogP contribution < -0.4 is 20.3 Å². The second-order valence-electron chi connectivity index (χ2n) is 6.53. The summed E-state index contributed by atoms with van der Waals surface area (Å²) in [5, 5.41) is 4.93. The fourth-order valence-corrected chi connectivity index (χ4v) is 2.05. The molecule has 0 aromatic heterocycles. The number of carbonyl (C=O) groups excluding carboxylic acids is 2. The van der Waals surface area contributed by atoms with E-state index in [0.717, 1.165) is 10.5 Å². The number of imide groups is 1. The molecule has 23 heavy (non-hydrogen) atoms.